The lowest BCUT2D eigenvalue weighted by molar-refractivity contribution is 0.101. The molecule has 2 rings (SSSR count). The van der Waals surface area contributed by atoms with E-state index >= 15 is 0 Å². The molecule has 0 radical (unpaired) electrons. The van der Waals surface area contributed by atoms with Gasteiger partial charge >= 0.3 is 0 Å². The summed E-state index contributed by atoms with van der Waals surface area (Å²) in [6.45, 7) is 6.67. The number of carbonyl (C=O) groups is 1. The second-order valence-corrected chi connectivity index (χ2v) is 4.96. The number of carbonyl (C=O) groups excluding carboxylic acids is 1. The van der Waals surface area contributed by atoms with E-state index in [1.54, 1.807) is 6.92 Å². The molecule has 0 unspecified atom stereocenters. The van der Waals surface area contributed by atoms with Crippen LogP contribution in [-0.4, -0.2) is 36.4 Å². The number of rotatable bonds is 5. The molecule has 3 heteroatoms. The summed E-state index contributed by atoms with van der Waals surface area (Å²) in [4.78, 5) is 13.7. The molecular formula is C15H21NO2. The summed E-state index contributed by atoms with van der Waals surface area (Å²) in [7, 11) is 0. The van der Waals surface area contributed by atoms with Gasteiger partial charge in [-0.05, 0) is 45.4 Å². The molecular weight excluding hydrogens is 226 g/mol. The average Bonchev–Trinajstić information content (AvgIpc) is 2.76. The number of Topliss-reactive ketones (excluding diaryl/α,β-unsaturated/α-hetero) is 1. The molecule has 1 aromatic carbocycles. The van der Waals surface area contributed by atoms with Gasteiger partial charge in [-0.2, -0.15) is 0 Å². The van der Waals surface area contributed by atoms with Crippen molar-refractivity contribution >= 4 is 5.78 Å². The van der Waals surface area contributed by atoms with E-state index in [1.807, 2.05) is 24.3 Å². The van der Waals surface area contributed by atoms with Gasteiger partial charge in [0.1, 0.15) is 12.4 Å². The predicted molar refractivity (Wildman–Crippen MR) is 72.2 cm³/mol. The van der Waals surface area contributed by atoms with Crippen molar-refractivity contribution in [1.29, 1.82) is 0 Å². The molecule has 0 amide bonds. The van der Waals surface area contributed by atoms with E-state index in [4.69, 9.17) is 4.74 Å². The third-order valence-electron chi connectivity index (χ3n) is 3.58. The Morgan fingerprint density at radius 2 is 2.33 bits per heavy atom. The Morgan fingerprint density at radius 3 is 3.00 bits per heavy atom. The number of ether oxygens (including phenoxy) is 1. The molecule has 0 bridgehead atoms. The zero-order valence-electron chi connectivity index (χ0n) is 11.2. The predicted octanol–water partition coefficient (Wildman–Crippen LogP) is 2.75. The number of likely N-dealkylation sites (tertiary alicyclic amines) is 1. The number of ketones is 1. The summed E-state index contributed by atoms with van der Waals surface area (Å²) < 4.78 is 5.71. The van der Waals surface area contributed by atoms with Crippen molar-refractivity contribution in [2.45, 2.75) is 32.7 Å². The van der Waals surface area contributed by atoms with E-state index in [0.717, 1.165) is 12.3 Å². The van der Waals surface area contributed by atoms with Crippen molar-refractivity contribution in [2.24, 2.45) is 0 Å². The number of benzene rings is 1. The van der Waals surface area contributed by atoms with Gasteiger partial charge in [0.15, 0.2) is 5.78 Å². The van der Waals surface area contributed by atoms with Gasteiger partial charge in [0, 0.05) is 18.2 Å². The summed E-state index contributed by atoms with van der Waals surface area (Å²) in [6, 6.07) is 8.08. The van der Waals surface area contributed by atoms with Crippen molar-refractivity contribution in [3.63, 3.8) is 0 Å². The highest BCUT2D eigenvalue weighted by atomic mass is 16.5. The molecule has 0 N–H and O–H groups in total. The zero-order valence-corrected chi connectivity index (χ0v) is 11.2. The molecule has 98 valence electrons. The van der Waals surface area contributed by atoms with Crippen LogP contribution >= 0.6 is 0 Å². The Balaban J connectivity index is 1.83. The molecule has 1 atom stereocenters. The third-order valence-corrected chi connectivity index (χ3v) is 3.58. The average molecular weight is 247 g/mol. The minimum absolute atomic E-state index is 0.0774. The molecule has 1 fully saturated rings. The van der Waals surface area contributed by atoms with Crippen LogP contribution in [0.3, 0.4) is 0 Å². The Kier molecular flexibility index (Phi) is 4.37. The minimum Gasteiger partial charge on any atom is -0.492 e. The third kappa shape index (κ3) is 3.33. The number of hydrogen-bond acceptors (Lipinski definition) is 3. The first-order valence-electron chi connectivity index (χ1n) is 6.64. The van der Waals surface area contributed by atoms with E-state index in [1.165, 1.54) is 19.4 Å². The lowest BCUT2D eigenvalue weighted by Crippen LogP contribution is -2.31. The van der Waals surface area contributed by atoms with E-state index in [-0.39, 0.29) is 5.78 Å². The number of nitrogens with zero attached hydrogens (tertiary/aromatic N) is 1. The van der Waals surface area contributed by atoms with Gasteiger partial charge in [-0.1, -0.05) is 12.1 Å². The van der Waals surface area contributed by atoms with Crippen LogP contribution in [0.5, 0.6) is 5.75 Å². The Bertz CT molecular complexity index is 417. The Labute approximate surface area is 109 Å². The van der Waals surface area contributed by atoms with E-state index in [0.29, 0.717) is 18.2 Å². The van der Waals surface area contributed by atoms with Gasteiger partial charge in [-0.3, -0.25) is 9.69 Å². The first kappa shape index (κ1) is 13.1. The van der Waals surface area contributed by atoms with Crippen LogP contribution in [0.2, 0.25) is 0 Å². The Morgan fingerprint density at radius 1 is 1.50 bits per heavy atom. The van der Waals surface area contributed by atoms with Crippen LogP contribution in [0.25, 0.3) is 0 Å². The summed E-state index contributed by atoms with van der Waals surface area (Å²) in [6.07, 6.45) is 2.58. The van der Waals surface area contributed by atoms with Gasteiger partial charge in [-0.15, -0.1) is 0 Å². The second-order valence-electron chi connectivity index (χ2n) is 4.96. The number of hydrogen-bond donors (Lipinski definition) is 0. The lowest BCUT2D eigenvalue weighted by atomic mass is 10.1. The minimum atomic E-state index is 0.0774. The molecule has 18 heavy (non-hydrogen) atoms. The molecule has 1 heterocycles. The second kappa shape index (κ2) is 6.01. The van der Waals surface area contributed by atoms with Crippen molar-refractivity contribution in [3.05, 3.63) is 29.8 Å². The standard InChI is InChI=1S/C15H21NO2/c1-12-5-4-8-16(12)9-10-18-15-7-3-6-14(11-15)13(2)17/h3,6-7,11-12H,4-5,8-10H2,1-2H3/t12-/m1/s1. The van der Waals surface area contributed by atoms with Crippen LogP contribution in [0, 0.1) is 0 Å². The van der Waals surface area contributed by atoms with Crippen LogP contribution in [-0.2, 0) is 0 Å². The van der Waals surface area contributed by atoms with E-state index < -0.39 is 0 Å². The molecule has 0 aromatic heterocycles. The summed E-state index contributed by atoms with van der Waals surface area (Å²) >= 11 is 0. The maximum Gasteiger partial charge on any atom is 0.159 e. The van der Waals surface area contributed by atoms with Crippen molar-refractivity contribution in [2.75, 3.05) is 19.7 Å². The maximum absolute atomic E-state index is 11.3. The maximum atomic E-state index is 11.3. The summed E-state index contributed by atoms with van der Waals surface area (Å²) in [5.74, 6) is 0.864. The van der Waals surface area contributed by atoms with E-state index in [2.05, 4.69) is 11.8 Å². The van der Waals surface area contributed by atoms with Crippen LogP contribution in [0.15, 0.2) is 24.3 Å². The van der Waals surface area contributed by atoms with Gasteiger partial charge in [0.25, 0.3) is 0 Å². The topological polar surface area (TPSA) is 29.5 Å². The zero-order chi connectivity index (χ0) is 13.0. The molecule has 1 aliphatic rings. The van der Waals surface area contributed by atoms with Crippen molar-refractivity contribution < 1.29 is 9.53 Å². The van der Waals surface area contributed by atoms with Gasteiger partial charge in [-0.25, -0.2) is 0 Å². The van der Waals surface area contributed by atoms with Crippen molar-refractivity contribution in [1.82, 2.24) is 4.90 Å². The first-order valence-corrected chi connectivity index (χ1v) is 6.64. The molecule has 1 aliphatic heterocycles. The van der Waals surface area contributed by atoms with Gasteiger partial charge in [0.2, 0.25) is 0 Å². The molecule has 0 saturated carbocycles. The fourth-order valence-electron chi connectivity index (χ4n) is 2.41. The summed E-state index contributed by atoms with van der Waals surface area (Å²) in [5.41, 5.74) is 0.710. The SMILES string of the molecule is CC(=O)c1cccc(OCCN2CCC[C@H]2C)c1. The van der Waals surface area contributed by atoms with Gasteiger partial charge in [0.05, 0.1) is 0 Å². The highest BCUT2D eigenvalue weighted by Crippen LogP contribution is 2.17. The molecule has 1 aromatic rings. The molecule has 1 saturated heterocycles. The lowest BCUT2D eigenvalue weighted by Gasteiger charge is -2.20. The summed E-state index contributed by atoms with van der Waals surface area (Å²) in [5, 5.41) is 0. The first-order chi connectivity index (χ1) is 8.66. The van der Waals surface area contributed by atoms with Crippen molar-refractivity contribution in [3.8, 4) is 5.75 Å². The normalized spacial score (nSPS) is 20.0. The molecule has 3 nitrogen and oxygen atoms in total. The van der Waals surface area contributed by atoms with Gasteiger partial charge < -0.3 is 4.74 Å². The quantitative estimate of drug-likeness (QED) is 0.749. The van der Waals surface area contributed by atoms with Crippen LogP contribution in [0.4, 0.5) is 0 Å². The highest BCUT2D eigenvalue weighted by Gasteiger charge is 2.19. The fraction of sp³-hybridized carbons (Fsp3) is 0.533. The molecule has 0 spiro atoms. The highest BCUT2D eigenvalue weighted by molar-refractivity contribution is 5.94. The van der Waals surface area contributed by atoms with Crippen LogP contribution in [0.1, 0.15) is 37.0 Å². The smallest absolute Gasteiger partial charge is 0.159 e. The van der Waals surface area contributed by atoms with E-state index in [9.17, 15) is 4.79 Å². The fourth-order valence-corrected chi connectivity index (χ4v) is 2.41. The monoisotopic (exact) mass is 247 g/mol. The largest absolute Gasteiger partial charge is 0.492 e. The van der Waals surface area contributed by atoms with Crippen LogP contribution < -0.4 is 4.74 Å². The molecule has 0 aliphatic carbocycles. The Hall–Kier alpha value is -1.35.